The Balaban J connectivity index is 2.54. The average Bonchev–Trinajstić information content (AvgIpc) is 2.38. The zero-order chi connectivity index (χ0) is 13.1. The largest absolute Gasteiger partial charge is 0.288 e. The third-order valence-electron chi connectivity index (χ3n) is 2.64. The highest BCUT2D eigenvalue weighted by atomic mass is 35.5. The maximum absolute atomic E-state index is 13.6. The Bertz CT molecular complexity index is 598. The van der Waals surface area contributed by atoms with Crippen molar-refractivity contribution in [3.05, 3.63) is 70.0 Å². The van der Waals surface area contributed by atoms with Crippen LogP contribution in [-0.4, -0.2) is 5.78 Å². The molecule has 0 N–H and O–H groups in total. The Morgan fingerprint density at radius 1 is 1.11 bits per heavy atom. The molecule has 2 aromatic rings. The minimum absolute atomic E-state index is 0.0443. The number of carbonyl (C=O) groups is 1. The van der Waals surface area contributed by atoms with Crippen LogP contribution >= 0.6 is 24.2 Å². The predicted octanol–water partition coefficient (Wildman–Crippen LogP) is 4.14. The Hall–Kier alpha value is -1.32. The Morgan fingerprint density at radius 3 is 2.44 bits per heavy atom. The van der Waals surface area contributed by atoms with Crippen LogP contribution in [0.25, 0.3) is 0 Å². The van der Waals surface area contributed by atoms with Crippen LogP contribution in [-0.2, 0) is 5.75 Å². The van der Waals surface area contributed by atoms with Crippen molar-refractivity contribution in [3.8, 4) is 0 Å². The van der Waals surface area contributed by atoms with Crippen molar-refractivity contribution in [2.75, 3.05) is 0 Å². The molecule has 0 spiro atoms. The van der Waals surface area contributed by atoms with Crippen molar-refractivity contribution >= 4 is 30.0 Å². The lowest BCUT2D eigenvalue weighted by molar-refractivity contribution is 0.103. The fraction of sp³-hybridized carbons (Fsp3) is 0.0714. The fourth-order valence-electron chi connectivity index (χ4n) is 1.72. The van der Waals surface area contributed by atoms with E-state index in [4.69, 9.17) is 11.6 Å². The molecule has 0 radical (unpaired) electrons. The van der Waals surface area contributed by atoms with Gasteiger partial charge in [-0.25, -0.2) is 4.39 Å². The Kier molecular flexibility index (Phi) is 4.04. The molecule has 0 aliphatic heterocycles. The minimum atomic E-state index is -0.535. The van der Waals surface area contributed by atoms with Crippen LogP contribution in [0, 0.1) is 5.82 Å². The van der Waals surface area contributed by atoms with Gasteiger partial charge in [0.2, 0.25) is 0 Å². The SMILES string of the molecule is O=C(c1ccccc1F)c1cccc(Cl)c1CS. The lowest BCUT2D eigenvalue weighted by Gasteiger charge is -2.09. The molecular weight excluding hydrogens is 271 g/mol. The Labute approximate surface area is 115 Å². The molecule has 0 fully saturated rings. The van der Waals surface area contributed by atoms with Crippen LogP contribution in [0.5, 0.6) is 0 Å². The molecule has 0 aromatic heterocycles. The number of rotatable bonds is 3. The monoisotopic (exact) mass is 280 g/mol. The molecular formula is C14H10ClFOS. The topological polar surface area (TPSA) is 17.1 Å². The van der Waals surface area contributed by atoms with Crippen LogP contribution in [0.1, 0.15) is 21.5 Å². The summed E-state index contributed by atoms with van der Waals surface area (Å²) in [7, 11) is 0. The molecule has 1 nitrogen and oxygen atoms in total. The summed E-state index contributed by atoms with van der Waals surface area (Å²) < 4.78 is 13.6. The fourth-order valence-corrected chi connectivity index (χ4v) is 2.40. The van der Waals surface area contributed by atoms with Gasteiger partial charge >= 0.3 is 0 Å². The van der Waals surface area contributed by atoms with Crippen molar-refractivity contribution in [2.24, 2.45) is 0 Å². The van der Waals surface area contributed by atoms with E-state index in [2.05, 4.69) is 12.6 Å². The number of benzene rings is 2. The van der Waals surface area contributed by atoms with Crippen molar-refractivity contribution < 1.29 is 9.18 Å². The summed E-state index contributed by atoms with van der Waals surface area (Å²) in [6.45, 7) is 0. The highest BCUT2D eigenvalue weighted by molar-refractivity contribution is 7.79. The molecule has 18 heavy (non-hydrogen) atoms. The van der Waals surface area contributed by atoms with E-state index in [-0.39, 0.29) is 11.3 Å². The normalized spacial score (nSPS) is 10.4. The predicted molar refractivity (Wildman–Crippen MR) is 74.0 cm³/mol. The summed E-state index contributed by atoms with van der Waals surface area (Å²) in [5.74, 6) is -0.581. The van der Waals surface area contributed by atoms with E-state index < -0.39 is 5.82 Å². The number of ketones is 1. The summed E-state index contributed by atoms with van der Waals surface area (Å²) in [6, 6.07) is 10.9. The van der Waals surface area contributed by atoms with Crippen molar-refractivity contribution in [2.45, 2.75) is 5.75 Å². The van der Waals surface area contributed by atoms with Crippen LogP contribution in [0.2, 0.25) is 5.02 Å². The average molecular weight is 281 g/mol. The number of hydrogen-bond acceptors (Lipinski definition) is 2. The first-order valence-corrected chi connectivity index (χ1v) is 6.33. The standard InChI is InChI=1S/C14H10ClFOS/c15-12-6-3-5-9(11(12)8-18)14(17)10-4-1-2-7-13(10)16/h1-7,18H,8H2. The van der Waals surface area contributed by atoms with Crippen molar-refractivity contribution in [3.63, 3.8) is 0 Å². The first-order chi connectivity index (χ1) is 8.65. The van der Waals surface area contributed by atoms with Gasteiger partial charge in [0.25, 0.3) is 0 Å². The molecule has 0 saturated heterocycles. The number of halogens is 2. The van der Waals surface area contributed by atoms with E-state index in [0.29, 0.717) is 21.9 Å². The zero-order valence-electron chi connectivity index (χ0n) is 9.36. The lowest BCUT2D eigenvalue weighted by atomic mass is 9.99. The van der Waals surface area contributed by atoms with Gasteiger partial charge in [0.1, 0.15) is 5.82 Å². The van der Waals surface area contributed by atoms with Gasteiger partial charge in [-0.1, -0.05) is 35.9 Å². The summed E-state index contributed by atoms with van der Waals surface area (Å²) in [5.41, 5.74) is 1.06. The number of thiol groups is 1. The highest BCUT2D eigenvalue weighted by Crippen LogP contribution is 2.24. The summed E-state index contributed by atoms with van der Waals surface area (Å²) >= 11 is 10.2. The first kappa shape index (κ1) is 13.1. The van der Waals surface area contributed by atoms with E-state index >= 15 is 0 Å². The maximum atomic E-state index is 13.6. The third kappa shape index (κ3) is 2.42. The minimum Gasteiger partial charge on any atom is -0.288 e. The first-order valence-electron chi connectivity index (χ1n) is 5.32. The van der Waals surface area contributed by atoms with E-state index in [9.17, 15) is 9.18 Å². The number of hydrogen-bond donors (Lipinski definition) is 1. The molecule has 0 saturated carbocycles. The molecule has 92 valence electrons. The lowest BCUT2D eigenvalue weighted by Crippen LogP contribution is -2.07. The van der Waals surface area contributed by atoms with E-state index in [1.165, 1.54) is 12.1 Å². The van der Waals surface area contributed by atoms with E-state index in [1.807, 2.05) is 0 Å². The van der Waals surface area contributed by atoms with Gasteiger partial charge in [-0.3, -0.25) is 4.79 Å². The molecule has 0 bridgehead atoms. The second-order valence-electron chi connectivity index (χ2n) is 3.73. The zero-order valence-corrected chi connectivity index (χ0v) is 11.0. The molecule has 0 aliphatic carbocycles. The van der Waals surface area contributed by atoms with Gasteiger partial charge < -0.3 is 0 Å². The molecule has 0 atom stereocenters. The van der Waals surface area contributed by atoms with Crippen LogP contribution in [0.3, 0.4) is 0 Å². The molecule has 4 heteroatoms. The molecule has 0 heterocycles. The molecule has 0 unspecified atom stereocenters. The summed E-state index contributed by atoms with van der Waals surface area (Å²) in [4.78, 5) is 12.3. The highest BCUT2D eigenvalue weighted by Gasteiger charge is 2.17. The molecule has 0 amide bonds. The van der Waals surface area contributed by atoms with Gasteiger partial charge in [-0.05, 0) is 23.8 Å². The van der Waals surface area contributed by atoms with Crippen LogP contribution in [0.4, 0.5) is 4.39 Å². The van der Waals surface area contributed by atoms with E-state index in [0.717, 1.165) is 0 Å². The van der Waals surface area contributed by atoms with Gasteiger partial charge in [-0.2, -0.15) is 12.6 Å². The van der Waals surface area contributed by atoms with Gasteiger partial charge in [0.05, 0.1) is 5.56 Å². The van der Waals surface area contributed by atoms with Crippen LogP contribution in [0.15, 0.2) is 42.5 Å². The second-order valence-corrected chi connectivity index (χ2v) is 4.46. The quantitative estimate of drug-likeness (QED) is 0.660. The third-order valence-corrected chi connectivity index (χ3v) is 3.31. The molecule has 2 aromatic carbocycles. The molecule has 2 rings (SSSR count). The smallest absolute Gasteiger partial charge is 0.196 e. The van der Waals surface area contributed by atoms with Crippen LogP contribution < -0.4 is 0 Å². The van der Waals surface area contributed by atoms with E-state index in [1.54, 1.807) is 30.3 Å². The number of carbonyl (C=O) groups excluding carboxylic acids is 1. The maximum Gasteiger partial charge on any atom is 0.196 e. The van der Waals surface area contributed by atoms with Crippen molar-refractivity contribution in [1.29, 1.82) is 0 Å². The van der Waals surface area contributed by atoms with Gasteiger partial charge in [0, 0.05) is 16.3 Å². The summed E-state index contributed by atoms with van der Waals surface area (Å²) in [5, 5.41) is 0.465. The van der Waals surface area contributed by atoms with Gasteiger partial charge in [0.15, 0.2) is 5.78 Å². The summed E-state index contributed by atoms with van der Waals surface area (Å²) in [6.07, 6.45) is 0. The van der Waals surface area contributed by atoms with Gasteiger partial charge in [-0.15, -0.1) is 0 Å². The second kappa shape index (κ2) is 5.55. The Morgan fingerprint density at radius 2 is 1.78 bits per heavy atom. The van der Waals surface area contributed by atoms with Crippen molar-refractivity contribution in [1.82, 2.24) is 0 Å². The molecule has 0 aliphatic rings.